The predicted octanol–water partition coefficient (Wildman–Crippen LogP) is 2.86. The van der Waals surface area contributed by atoms with Crippen LogP contribution in [0.15, 0.2) is 36.5 Å². The molecule has 5 nitrogen and oxygen atoms in total. The summed E-state index contributed by atoms with van der Waals surface area (Å²) in [7, 11) is -3.27. The molecule has 0 amide bonds. The molecular weight excluding hydrogens is 274 g/mol. The number of benzene rings is 1. The first-order valence-corrected chi connectivity index (χ1v) is 8.22. The molecule has 0 unspecified atom stereocenters. The van der Waals surface area contributed by atoms with Gasteiger partial charge < -0.3 is 0 Å². The third-order valence-corrected chi connectivity index (χ3v) is 4.25. The molecule has 0 radical (unpaired) electrons. The maximum atomic E-state index is 11.9. The van der Waals surface area contributed by atoms with Gasteiger partial charge in [-0.3, -0.25) is 9.82 Å². The average Bonchev–Trinajstić information content (AvgIpc) is 2.91. The van der Waals surface area contributed by atoms with Crippen molar-refractivity contribution in [3.8, 4) is 11.3 Å². The second kappa shape index (κ2) is 6.09. The Hall–Kier alpha value is -1.82. The molecule has 0 aliphatic heterocycles. The van der Waals surface area contributed by atoms with E-state index in [4.69, 9.17) is 0 Å². The molecule has 2 N–H and O–H groups in total. The number of rotatable bonds is 6. The van der Waals surface area contributed by atoms with Gasteiger partial charge in [0.2, 0.25) is 10.0 Å². The number of anilines is 1. The molecule has 1 heterocycles. The summed E-state index contributed by atoms with van der Waals surface area (Å²) in [6.07, 6.45) is 2.33. The van der Waals surface area contributed by atoms with Gasteiger partial charge in [0.25, 0.3) is 0 Å². The summed E-state index contributed by atoms with van der Waals surface area (Å²) in [5.41, 5.74) is 2.45. The van der Waals surface area contributed by atoms with Crippen molar-refractivity contribution >= 4 is 15.7 Å². The minimum atomic E-state index is -3.27. The number of aromatic amines is 1. The van der Waals surface area contributed by atoms with Crippen LogP contribution in [0.5, 0.6) is 0 Å². The van der Waals surface area contributed by atoms with Gasteiger partial charge in [0.1, 0.15) is 0 Å². The molecule has 0 fully saturated rings. The fourth-order valence-corrected chi connectivity index (χ4v) is 3.13. The SMILES string of the molecule is CC(C)CCS(=O)(=O)Nc1ccc(-c2ccn[nH]2)cc1. The number of aromatic nitrogens is 2. The fourth-order valence-electron chi connectivity index (χ4n) is 1.76. The lowest BCUT2D eigenvalue weighted by Crippen LogP contribution is -2.17. The van der Waals surface area contributed by atoms with Gasteiger partial charge in [-0.2, -0.15) is 5.10 Å². The van der Waals surface area contributed by atoms with Crippen molar-refractivity contribution in [3.63, 3.8) is 0 Å². The van der Waals surface area contributed by atoms with Crippen LogP contribution >= 0.6 is 0 Å². The molecule has 0 aliphatic carbocycles. The highest BCUT2D eigenvalue weighted by Crippen LogP contribution is 2.19. The minimum absolute atomic E-state index is 0.146. The van der Waals surface area contributed by atoms with Gasteiger partial charge in [-0.25, -0.2) is 8.42 Å². The van der Waals surface area contributed by atoms with Crippen LogP contribution in [-0.2, 0) is 10.0 Å². The van der Waals surface area contributed by atoms with Crippen LogP contribution < -0.4 is 4.72 Å². The molecule has 0 atom stereocenters. The number of nitrogens with one attached hydrogen (secondary N) is 2. The van der Waals surface area contributed by atoms with E-state index in [-0.39, 0.29) is 5.75 Å². The molecule has 6 heteroatoms. The lowest BCUT2D eigenvalue weighted by atomic mass is 10.1. The fraction of sp³-hybridized carbons (Fsp3) is 0.357. The molecule has 0 saturated carbocycles. The maximum Gasteiger partial charge on any atom is 0.232 e. The lowest BCUT2D eigenvalue weighted by Gasteiger charge is -2.09. The summed E-state index contributed by atoms with van der Waals surface area (Å²) >= 11 is 0. The second-order valence-electron chi connectivity index (χ2n) is 5.15. The summed E-state index contributed by atoms with van der Waals surface area (Å²) in [5.74, 6) is 0.516. The molecule has 108 valence electrons. The summed E-state index contributed by atoms with van der Waals surface area (Å²) in [6, 6.07) is 9.08. The highest BCUT2D eigenvalue weighted by Gasteiger charge is 2.11. The molecular formula is C14H19N3O2S. The Morgan fingerprint density at radius 3 is 2.45 bits per heavy atom. The molecule has 1 aromatic carbocycles. The van der Waals surface area contributed by atoms with Crippen LogP contribution in [0.2, 0.25) is 0 Å². The van der Waals surface area contributed by atoms with Crippen LogP contribution in [0.3, 0.4) is 0 Å². The minimum Gasteiger partial charge on any atom is -0.284 e. The van der Waals surface area contributed by atoms with Gasteiger partial charge in [-0.15, -0.1) is 0 Å². The van der Waals surface area contributed by atoms with Crippen LogP contribution in [0, 0.1) is 5.92 Å². The number of hydrogen-bond acceptors (Lipinski definition) is 3. The predicted molar refractivity (Wildman–Crippen MR) is 80.9 cm³/mol. The first kappa shape index (κ1) is 14.6. The first-order valence-electron chi connectivity index (χ1n) is 6.56. The zero-order valence-electron chi connectivity index (χ0n) is 11.6. The van der Waals surface area contributed by atoms with Crippen LogP contribution in [0.4, 0.5) is 5.69 Å². The Bertz CT molecular complexity index is 632. The molecule has 20 heavy (non-hydrogen) atoms. The third kappa shape index (κ3) is 4.09. The summed E-state index contributed by atoms with van der Waals surface area (Å²) in [5, 5.41) is 6.75. The Balaban J connectivity index is 2.04. The van der Waals surface area contributed by atoms with Crippen LogP contribution in [0.1, 0.15) is 20.3 Å². The molecule has 0 bridgehead atoms. The van der Waals surface area contributed by atoms with E-state index in [2.05, 4.69) is 14.9 Å². The van der Waals surface area contributed by atoms with E-state index >= 15 is 0 Å². The normalized spacial score (nSPS) is 11.8. The van der Waals surface area contributed by atoms with Crippen molar-refractivity contribution in [3.05, 3.63) is 36.5 Å². The Kier molecular flexibility index (Phi) is 4.44. The monoisotopic (exact) mass is 293 g/mol. The van der Waals surface area contributed by atoms with Crippen molar-refractivity contribution in [1.82, 2.24) is 10.2 Å². The Labute approximate surface area is 119 Å². The van der Waals surface area contributed by atoms with E-state index in [0.717, 1.165) is 11.3 Å². The lowest BCUT2D eigenvalue weighted by molar-refractivity contribution is 0.578. The van der Waals surface area contributed by atoms with Crippen molar-refractivity contribution in [2.45, 2.75) is 20.3 Å². The number of nitrogens with zero attached hydrogens (tertiary/aromatic N) is 1. The standard InChI is InChI=1S/C14H19N3O2S/c1-11(2)8-10-20(18,19)17-13-5-3-12(4-6-13)14-7-9-15-16-14/h3-7,9,11,17H,8,10H2,1-2H3,(H,15,16). The van der Waals surface area contributed by atoms with Gasteiger partial charge in [0.05, 0.1) is 11.4 Å². The van der Waals surface area contributed by atoms with Crippen LogP contribution in [0.25, 0.3) is 11.3 Å². The highest BCUT2D eigenvalue weighted by atomic mass is 32.2. The van der Waals surface area contributed by atoms with Crippen molar-refractivity contribution in [2.75, 3.05) is 10.5 Å². The average molecular weight is 293 g/mol. The molecule has 0 spiro atoms. The molecule has 1 aromatic heterocycles. The van der Waals surface area contributed by atoms with E-state index in [9.17, 15) is 8.42 Å². The van der Waals surface area contributed by atoms with E-state index in [1.807, 2.05) is 32.0 Å². The van der Waals surface area contributed by atoms with E-state index in [1.54, 1.807) is 18.3 Å². The quantitative estimate of drug-likeness (QED) is 0.860. The third-order valence-electron chi connectivity index (χ3n) is 2.93. The summed E-state index contributed by atoms with van der Waals surface area (Å²) in [6.45, 7) is 4.02. The zero-order valence-corrected chi connectivity index (χ0v) is 12.4. The Morgan fingerprint density at radius 1 is 1.20 bits per heavy atom. The molecule has 0 saturated heterocycles. The largest absolute Gasteiger partial charge is 0.284 e. The number of hydrogen-bond donors (Lipinski definition) is 2. The summed E-state index contributed by atoms with van der Waals surface area (Å²) < 4.78 is 26.4. The van der Waals surface area contributed by atoms with Crippen molar-refractivity contribution in [1.29, 1.82) is 0 Å². The first-order chi connectivity index (χ1) is 9.46. The van der Waals surface area contributed by atoms with Gasteiger partial charge in [0.15, 0.2) is 0 Å². The smallest absolute Gasteiger partial charge is 0.232 e. The topological polar surface area (TPSA) is 74.8 Å². The van der Waals surface area contributed by atoms with Crippen LogP contribution in [-0.4, -0.2) is 24.4 Å². The van der Waals surface area contributed by atoms with Gasteiger partial charge in [-0.1, -0.05) is 26.0 Å². The van der Waals surface area contributed by atoms with Gasteiger partial charge in [-0.05, 0) is 36.1 Å². The Morgan fingerprint density at radius 2 is 1.90 bits per heavy atom. The van der Waals surface area contributed by atoms with E-state index < -0.39 is 10.0 Å². The van der Waals surface area contributed by atoms with Gasteiger partial charge >= 0.3 is 0 Å². The van der Waals surface area contributed by atoms with Gasteiger partial charge in [0, 0.05) is 11.9 Å². The second-order valence-corrected chi connectivity index (χ2v) is 6.99. The molecule has 2 aromatic rings. The van der Waals surface area contributed by atoms with E-state index in [1.165, 1.54) is 0 Å². The summed E-state index contributed by atoms with van der Waals surface area (Å²) in [4.78, 5) is 0. The maximum absolute atomic E-state index is 11.9. The molecule has 0 aliphatic rings. The van der Waals surface area contributed by atoms with E-state index in [0.29, 0.717) is 18.0 Å². The highest BCUT2D eigenvalue weighted by molar-refractivity contribution is 7.92. The van der Waals surface area contributed by atoms with Crippen molar-refractivity contribution < 1.29 is 8.42 Å². The van der Waals surface area contributed by atoms with Crippen molar-refractivity contribution in [2.24, 2.45) is 5.92 Å². The number of sulfonamides is 1. The zero-order chi connectivity index (χ0) is 14.6. The number of H-pyrrole nitrogens is 1. The molecule has 2 rings (SSSR count).